The van der Waals surface area contributed by atoms with Gasteiger partial charge in [-0.2, -0.15) is 0 Å². The fraction of sp³-hybridized carbons (Fsp3) is 0. The van der Waals surface area contributed by atoms with Gasteiger partial charge in [-0.05, 0) is 42.0 Å². The van der Waals surface area contributed by atoms with E-state index in [1.807, 2.05) is 30.3 Å². The molecule has 0 aliphatic heterocycles. The van der Waals surface area contributed by atoms with Gasteiger partial charge in [-0.15, -0.1) is 0 Å². The van der Waals surface area contributed by atoms with Gasteiger partial charge in [0.15, 0.2) is 0 Å². The normalized spacial score (nSPS) is 9.86. The van der Waals surface area contributed by atoms with E-state index in [9.17, 15) is 9.50 Å². The third kappa shape index (κ3) is 3.16. The van der Waals surface area contributed by atoms with Crippen LogP contribution in [0, 0.1) is 17.7 Å². The van der Waals surface area contributed by atoms with E-state index in [-0.39, 0.29) is 11.6 Å². The summed E-state index contributed by atoms with van der Waals surface area (Å²) in [5, 5.41) is 9.22. The number of benzene rings is 3. The second-order valence-electron chi connectivity index (χ2n) is 4.86. The third-order valence-electron chi connectivity index (χ3n) is 3.27. The summed E-state index contributed by atoms with van der Waals surface area (Å²) in [6.07, 6.45) is 0. The van der Waals surface area contributed by atoms with Crippen LogP contribution >= 0.6 is 0 Å². The van der Waals surface area contributed by atoms with E-state index in [2.05, 4.69) is 11.8 Å². The second kappa shape index (κ2) is 6.15. The van der Waals surface area contributed by atoms with Crippen LogP contribution in [0.2, 0.25) is 0 Å². The molecule has 22 heavy (non-hydrogen) atoms. The summed E-state index contributed by atoms with van der Waals surface area (Å²) in [6, 6.07) is 21.0. The fourth-order valence-corrected chi connectivity index (χ4v) is 2.13. The van der Waals surface area contributed by atoms with Crippen molar-refractivity contribution in [3.8, 4) is 28.7 Å². The first-order chi connectivity index (χ1) is 10.7. The van der Waals surface area contributed by atoms with E-state index < -0.39 is 0 Å². The number of hydrogen-bond acceptors (Lipinski definition) is 1. The average molecular weight is 288 g/mol. The highest BCUT2D eigenvalue weighted by molar-refractivity contribution is 5.65. The minimum Gasteiger partial charge on any atom is -0.508 e. The summed E-state index contributed by atoms with van der Waals surface area (Å²) < 4.78 is 14.2. The Morgan fingerprint density at radius 3 is 2.05 bits per heavy atom. The molecular formula is C20H13FO. The minimum atomic E-state index is -0.288. The van der Waals surface area contributed by atoms with Gasteiger partial charge in [-0.1, -0.05) is 48.2 Å². The summed E-state index contributed by atoms with van der Waals surface area (Å²) in [4.78, 5) is 0. The molecule has 0 spiro atoms. The monoisotopic (exact) mass is 288 g/mol. The lowest BCUT2D eigenvalue weighted by Gasteiger charge is -2.03. The molecule has 106 valence electrons. The van der Waals surface area contributed by atoms with Gasteiger partial charge in [0.25, 0.3) is 0 Å². The van der Waals surface area contributed by atoms with E-state index >= 15 is 0 Å². The van der Waals surface area contributed by atoms with Crippen molar-refractivity contribution in [3.05, 3.63) is 89.7 Å². The Morgan fingerprint density at radius 2 is 1.36 bits per heavy atom. The molecule has 0 saturated carbocycles. The molecule has 1 N–H and O–H groups in total. The number of halogens is 1. The molecule has 0 aliphatic rings. The predicted molar refractivity (Wildman–Crippen MR) is 85.9 cm³/mol. The lowest BCUT2D eigenvalue weighted by atomic mass is 10.0. The van der Waals surface area contributed by atoms with Crippen molar-refractivity contribution < 1.29 is 9.50 Å². The zero-order chi connectivity index (χ0) is 15.4. The van der Waals surface area contributed by atoms with Crippen LogP contribution in [0.25, 0.3) is 11.1 Å². The minimum absolute atomic E-state index is 0.198. The summed E-state index contributed by atoms with van der Waals surface area (Å²) in [5.74, 6) is 5.78. The van der Waals surface area contributed by atoms with Gasteiger partial charge in [0.2, 0.25) is 0 Å². The largest absolute Gasteiger partial charge is 0.508 e. The van der Waals surface area contributed by atoms with E-state index in [1.54, 1.807) is 36.4 Å². The quantitative estimate of drug-likeness (QED) is 0.649. The molecule has 1 nitrogen and oxygen atoms in total. The van der Waals surface area contributed by atoms with Gasteiger partial charge < -0.3 is 5.11 Å². The SMILES string of the molecule is Oc1ccc(C#Cc2ccc(-c3ccccc3)c(F)c2)cc1. The molecule has 3 rings (SSSR count). The van der Waals surface area contributed by atoms with Gasteiger partial charge >= 0.3 is 0 Å². The average Bonchev–Trinajstić information content (AvgIpc) is 2.55. The molecule has 2 heteroatoms. The lowest BCUT2D eigenvalue weighted by molar-refractivity contribution is 0.475. The molecule has 0 unspecified atom stereocenters. The van der Waals surface area contributed by atoms with Crippen molar-refractivity contribution in [1.29, 1.82) is 0 Å². The molecule has 0 aliphatic carbocycles. The summed E-state index contributed by atoms with van der Waals surface area (Å²) in [7, 11) is 0. The van der Waals surface area contributed by atoms with Crippen LogP contribution in [0.5, 0.6) is 5.75 Å². The number of rotatable bonds is 1. The van der Waals surface area contributed by atoms with Crippen molar-refractivity contribution >= 4 is 0 Å². The van der Waals surface area contributed by atoms with Gasteiger partial charge in [-0.25, -0.2) is 4.39 Å². The van der Waals surface area contributed by atoms with Gasteiger partial charge in [0.05, 0.1) is 0 Å². The Bertz CT molecular complexity index is 840. The lowest BCUT2D eigenvalue weighted by Crippen LogP contribution is -1.86. The number of aromatic hydroxyl groups is 1. The number of phenolic OH excluding ortho intramolecular Hbond substituents is 1. The smallest absolute Gasteiger partial charge is 0.132 e. The van der Waals surface area contributed by atoms with E-state index in [4.69, 9.17) is 0 Å². The molecule has 0 fully saturated rings. The molecule has 0 heterocycles. The van der Waals surface area contributed by atoms with Crippen LogP contribution in [-0.2, 0) is 0 Å². The third-order valence-corrected chi connectivity index (χ3v) is 3.27. The number of hydrogen-bond donors (Lipinski definition) is 1. The maximum atomic E-state index is 14.2. The van der Waals surface area contributed by atoms with Crippen LogP contribution in [0.3, 0.4) is 0 Å². The van der Waals surface area contributed by atoms with E-state index in [1.165, 1.54) is 6.07 Å². The molecule has 0 saturated heterocycles. The molecule has 0 bridgehead atoms. The van der Waals surface area contributed by atoms with Crippen molar-refractivity contribution in [1.82, 2.24) is 0 Å². The first-order valence-corrected chi connectivity index (χ1v) is 6.88. The summed E-state index contributed by atoms with van der Waals surface area (Å²) in [5.41, 5.74) is 2.80. The predicted octanol–water partition coefficient (Wildman–Crippen LogP) is 4.60. The molecule has 0 amide bonds. The van der Waals surface area contributed by atoms with Gasteiger partial charge in [-0.3, -0.25) is 0 Å². The van der Waals surface area contributed by atoms with Crippen LogP contribution in [0.15, 0.2) is 72.8 Å². The Morgan fingerprint density at radius 1 is 0.727 bits per heavy atom. The maximum Gasteiger partial charge on any atom is 0.132 e. The molecule has 3 aromatic rings. The van der Waals surface area contributed by atoms with Crippen molar-refractivity contribution in [2.75, 3.05) is 0 Å². The van der Waals surface area contributed by atoms with Gasteiger partial charge in [0.1, 0.15) is 11.6 Å². The molecular weight excluding hydrogens is 275 g/mol. The first-order valence-electron chi connectivity index (χ1n) is 6.88. The topological polar surface area (TPSA) is 20.2 Å². The zero-order valence-corrected chi connectivity index (χ0v) is 11.8. The standard InChI is InChI=1S/C20H13FO/c21-20-14-16(7-6-15-8-11-18(22)12-9-15)10-13-19(20)17-4-2-1-3-5-17/h1-5,8-14,22H. The van der Waals surface area contributed by atoms with E-state index in [0.717, 1.165) is 11.1 Å². The molecule has 0 atom stereocenters. The van der Waals surface area contributed by atoms with Crippen molar-refractivity contribution in [3.63, 3.8) is 0 Å². The molecule has 0 aromatic heterocycles. The van der Waals surface area contributed by atoms with Crippen molar-refractivity contribution in [2.24, 2.45) is 0 Å². The second-order valence-corrected chi connectivity index (χ2v) is 4.86. The van der Waals surface area contributed by atoms with Crippen molar-refractivity contribution in [2.45, 2.75) is 0 Å². The summed E-state index contributed by atoms with van der Waals surface area (Å²) >= 11 is 0. The fourth-order valence-electron chi connectivity index (χ4n) is 2.13. The molecule has 0 radical (unpaired) electrons. The highest BCUT2D eigenvalue weighted by Gasteiger charge is 2.04. The Balaban J connectivity index is 1.88. The van der Waals surface area contributed by atoms with E-state index in [0.29, 0.717) is 11.1 Å². The zero-order valence-electron chi connectivity index (χ0n) is 11.8. The van der Waals surface area contributed by atoms with Crippen LogP contribution in [0.1, 0.15) is 11.1 Å². The summed E-state index contributed by atoms with van der Waals surface area (Å²) in [6.45, 7) is 0. The Hall–Kier alpha value is -3.05. The molecule has 3 aromatic carbocycles. The highest BCUT2D eigenvalue weighted by atomic mass is 19.1. The van der Waals surface area contributed by atoms with Crippen LogP contribution in [0.4, 0.5) is 4.39 Å². The number of phenols is 1. The Labute approximate surface area is 128 Å². The van der Waals surface area contributed by atoms with Crippen LogP contribution in [-0.4, -0.2) is 5.11 Å². The maximum absolute atomic E-state index is 14.2. The van der Waals surface area contributed by atoms with Gasteiger partial charge in [0, 0.05) is 16.7 Å². The Kier molecular flexibility index (Phi) is 3.89. The van der Waals surface area contributed by atoms with Crippen LogP contribution < -0.4 is 0 Å². The first kappa shape index (κ1) is 13.9. The highest BCUT2D eigenvalue weighted by Crippen LogP contribution is 2.23.